The van der Waals surface area contributed by atoms with Gasteiger partial charge in [-0.1, -0.05) is 13.8 Å². The van der Waals surface area contributed by atoms with Crippen LogP contribution in [0.4, 0.5) is 0 Å². The Labute approximate surface area is 166 Å². The molecule has 4 aliphatic rings. The van der Waals surface area contributed by atoms with Crippen molar-refractivity contribution in [1.82, 2.24) is 4.90 Å². The summed E-state index contributed by atoms with van der Waals surface area (Å²) in [6.07, 6.45) is 10.7. The number of rotatable bonds is 3. The van der Waals surface area contributed by atoms with Crippen LogP contribution in [0.2, 0.25) is 0 Å². The van der Waals surface area contributed by atoms with Crippen molar-refractivity contribution in [3.63, 3.8) is 0 Å². The third kappa shape index (κ3) is 2.94. The number of aliphatic hydroxyl groups excluding tert-OH is 1. The van der Waals surface area contributed by atoms with E-state index in [4.69, 9.17) is 0 Å². The van der Waals surface area contributed by atoms with Gasteiger partial charge in [-0.15, -0.1) is 0 Å². The Morgan fingerprint density at radius 2 is 1.63 bits per heavy atom. The smallest absolute Gasteiger partial charge is 0.153 e. The second-order valence-electron chi connectivity index (χ2n) is 11.3. The van der Waals surface area contributed by atoms with Crippen molar-refractivity contribution in [2.45, 2.75) is 90.7 Å². The lowest BCUT2D eigenvalue weighted by Crippen LogP contribution is -2.54. The molecule has 1 N–H and O–H groups in total. The van der Waals surface area contributed by atoms with Gasteiger partial charge in [-0.2, -0.15) is 0 Å². The van der Waals surface area contributed by atoms with Gasteiger partial charge in [0.2, 0.25) is 0 Å². The van der Waals surface area contributed by atoms with Crippen LogP contribution in [0, 0.1) is 40.4 Å². The molecule has 0 radical (unpaired) electrons. The van der Waals surface area contributed by atoms with E-state index in [1.54, 1.807) is 0 Å². The fourth-order valence-electron chi connectivity index (χ4n) is 8.25. The lowest BCUT2D eigenvalue weighted by molar-refractivity contribution is -0.142. The number of likely N-dealkylation sites (N-methyl/N-ethyl adjacent to an activating group) is 1. The van der Waals surface area contributed by atoms with Gasteiger partial charge in [0, 0.05) is 5.92 Å². The summed E-state index contributed by atoms with van der Waals surface area (Å²) in [4.78, 5) is 15.4. The second kappa shape index (κ2) is 6.83. The summed E-state index contributed by atoms with van der Waals surface area (Å²) in [6.45, 7) is 7.10. The van der Waals surface area contributed by atoms with Crippen LogP contribution in [0.5, 0.6) is 0 Å². The van der Waals surface area contributed by atoms with Gasteiger partial charge in [-0.05, 0) is 113 Å². The molecule has 9 atom stereocenters. The fourth-order valence-corrected chi connectivity index (χ4v) is 8.25. The highest BCUT2D eigenvalue weighted by molar-refractivity contribution is 5.87. The number of carbonyl (C=O) groups excluding carboxylic acids is 1. The van der Waals surface area contributed by atoms with Gasteiger partial charge in [0.05, 0.1) is 12.1 Å². The van der Waals surface area contributed by atoms with Crippen molar-refractivity contribution in [2.24, 2.45) is 40.4 Å². The molecule has 4 fully saturated rings. The van der Waals surface area contributed by atoms with E-state index in [0.29, 0.717) is 11.2 Å². The fraction of sp³-hybridized carbons (Fsp3) is 0.958. The highest BCUT2D eigenvalue weighted by Crippen LogP contribution is 2.67. The predicted molar refractivity (Wildman–Crippen MR) is 109 cm³/mol. The van der Waals surface area contributed by atoms with Gasteiger partial charge < -0.3 is 5.11 Å². The zero-order valence-corrected chi connectivity index (χ0v) is 18.2. The Kier molecular flexibility index (Phi) is 5.03. The second-order valence-corrected chi connectivity index (χ2v) is 11.3. The van der Waals surface area contributed by atoms with Crippen molar-refractivity contribution in [2.75, 3.05) is 14.1 Å². The number of fused-ring (bicyclic) bond motifs is 5. The highest BCUT2D eigenvalue weighted by atomic mass is 16.3. The molecule has 4 rings (SSSR count). The Balaban J connectivity index is 1.56. The van der Waals surface area contributed by atoms with Crippen molar-refractivity contribution in [3.8, 4) is 0 Å². The predicted octanol–water partition coefficient (Wildman–Crippen LogP) is 4.53. The van der Waals surface area contributed by atoms with E-state index < -0.39 is 0 Å². The van der Waals surface area contributed by atoms with Crippen LogP contribution in [-0.2, 0) is 4.79 Å². The molecule has 0 amide bonds. The van der Waals surface area contributed by atoms with Crippen LogP contribution < -0.4 is 0 Å². The molecule has 0 heterocycles. The van der Waals surface area contributed by atoms with Crippen LogP contribution in [0.25, 0.3) is 0 Å². The molecule has 3 nitrogen and oxygen atoms in total. The molecule has 4 aliphatic carbocycles. The average molecular weight is 376 g/mol. The molecule has 3 heteroatoms. The minimum Gasteiger partial charge on any atom is -0.393 e. The van der Waals surface area contributed by atoms with Gasteiger partial charge in [0.1, 0.15) is 0 Å². The molecule has 4 saturated carbocycles. The minimum absolute atomic E-state index is 0.0383. The number of Topliss-reactive ketones (excluding diaryl/α,β-unsaturated/α-hetero) is 1. The molecule has 0 aromatic heterocycles. The standard InChI is InChI=1S/C24H41NO2/c1-15(25(4)5)22(27)21-9-8-19-18-7-6-16-14-17(26)10-12-23(16,2)20(18)11-13-24(19,21)3/h15-21,26H,6-14H2,1-5H3/t15?,16-,17-,18+,19+,20+,21-,23+,24+/m1/s1. The number of hydrogen-bond donors (Lipinski definition) is 1. The summed E-state index contributed by atoms with van der Waals surface area (Å²) in [5, 5.41) is 10.2. The lowest BCUT2D eigenvalue weighted by Gasteiger charge is -2.61. The summed E-state index contributed by atoms with van der Waals surface area (Å²) in [6, 6.07) is 0.0383. The molecular weight excluding hydrogens is 334 g/mol. The molecule has 0 aliphatic heterocycles. The number of hydrogen-bond acceptors (Lipinski definition) is 3. The van der Waals surface area contributed by atoms with Crippen molar-refractivity contribution in [3.05, 3.63) is 0 Å². The first-order chi connectivity index (χ1) is 12.7. The Hall–Kier alpha value is -0.410. The Bertz CT molecular complexity index is 589. The molecule has 0 bridgehead atoms. The van der Waals surface area contributed by atoms with Crippen LogP contribution in [-0.4, -0.2) is 42.0 Å². The normalized spacial score (nSPS) is 50.6. The summed E-state index contributed by atoms with van der Waals surface area (Å²) >= 11 is 0. The van der Waals surface area contributed by atoms with E-state index in [9.17, 15) is 9.90 Å². The molecule has 0 saturated heterocycles. The maximum atomic E-state index is 13.3. The first-order valence-electron chi connectivity index (χ1n) is 11.6. The SMILES string of the molecule is CC(C(=O)[C@H]1CC[C@H]2[C@@H]3CC[C@@H]4C[C@H](O)CC[C@]4(C)[C@H]3CC[C@]12C)N(C)C. The zero-order valence-electron chi connectivity index (χ0n) is 18.2. The topological polar surface area (TPSA) is 40.5 Å². The average Bonchev–Trinajstić information content (AvgIpc) is 2.98. The Morgan fingerprint density at radius 1 is 0.963 bits per heavy atom. The third-order valence-corrected chi connectivity index (χ3v) is 10.2. The Morgan fingerprint density at radius 3 is 2.33 bits per heavy atom. The molecule has 154 valence electrons. The number of ketones is 1. The molecule has 0 aromatic carbocycles. The van der Waals surface area contributed by atoms with Crippen LogP contribution in [0.15, 0.2) is 0 Å². The lowest BCUT2D eigenvalue weighted by atomic mass is 9.44. The van der Waals surface area contributed by atoms with Gasteiger partial charge >= 0.3 is 0 Å². The van der Waals surface area contributed by atoms with Crippen molar-refractivity contribution >= 4 is 5.78 Å². The minimum atomic E-state index is -0.0607. The third-order valence-electron chi connectivity index (χ3n) is 10.2. The van der Waals surface area contributed by atoms with Gasteiger partial charge in [0.25, 0.3) is 0 Å². The van der Waals surface area contributed by atoms with E-state index in [2.05, 4.69) is 25.7 Å². The molecule has 1 unspecified atom stereocenters. The summed E-state index contributed by atoms with van der Waals surface area (Å²) in [5.41, 5.74) is 0.655. The van der Waals surface area contributed by atoms with Gasteiger partial charge in [0.15, 0.2) is 5.78 Å². The first kappa shape index (κ1) is 19.9. The molecular formula is C24H41NO2. The van der Waals surface area contributed by atoms with E-state index in [1.807, 2.05) is 14.1 Å². The van der Waals surface area contributed by atoms with Gasteiger partial charge in [-0.25, -0.2) is 0 Å². The largest absolute Gasteiger partial charge is 0.393 e. The number of aliphatic hydroxyl groups is 1. The first-order valence-corrected chi connectivity index (χ1v) is 11.6. The van der Waals surface area contributed by atoms with Crippen LogP contribution in [0.3, 0.4) is 0 Å². The van der Waals surface area contributed by atoms with Gasteiger partial charge in [-0.3, -0.25) is 9.69 Å². The van der Waals surface area contributed by atoms with E-state index in [1.165, 1.54) is 38.5 Å². The monoisotopic (exact) mass is 375 g/mol. The molecule has 0 aromatic rings. The highest BCUT2D eigenvalue weighted by Gasteiger charge is 2.61. The number of carbonyl (C=O) groups is 1. The maximum absolute atomic E-state index is 13.3. The van der Waals surface area contributed by atoms with Crippen LogP contribution in [0.1, 0.15) is 78.6 Å². The molecule has 27 heavy (non-hydrogen) atoms. The quantitative estimate of drug-likeness (QED) is 0.788. The van der Waals surface area contributed by atoms with E-state index in [0.717, 1.165) is 42.9 Å². The van der Waals surface area contributed by atoms with Crippen molar-refractivity contribution in [1.29, 1.82) is 0 Å². The van der Waals surface area contributed by atoms with Crippen LogP contribution >= 0.6 is 0 Å². The van der Waals surface area contributed by atoms with E-state index in [-0.39, 0.29) is 23.5 Å². The molecule has 0 spiro atoms. The summed E-state index contributed by atoms with van der Waals surface area (Å²) in [7, 11) is 4.07. The van der Waals surface area contributed by atoms with E-state index >= 15 is 0 Å². The maximum Gasteiger partial charge on any atom is 0.153 e. The summed E-state index contributed by atoms with van der Waals surface area (Å²) < 4.78 is 0. The summed E-state index contributed by atoms with van der Waals surface area (Å²) in [5.74, 6) is 3.85. The van der Waals surface area contributed by atoms with Crippen molar-refractivity contribution < 1.29 is 9.90 Å². The zero-order chi connectivity index (χ0) is 19.6. The number of nitrogens with zero attached hydrogens (tertiary/aromatic N) is 1.